The number of nitrogens with two attached hydrogens (primary N) is 1. The Labute approximate surface area is 63.0 Å². The Kier molecular flexibility index (Phi) is 1.27. The smallest absolute Gasteiger partial charge is 0.225 e. The molecule has 0 unspecified atom stereocenters. The van der Waals surface area contributed by atoms with E-state index >= 15 is 0 Å². The van der Waals surface area contributed by atoms with Crippen LogP contribution in [-0.4, -0.2) is 5.11 Å². The molecule has 0 saturated carbocycles. The quantitative estimate of drug-likeness (QED) is 0.263. The Morgan fingerprint density at radius 3 is 2.90 bits per heavy atom. The molecule has 1 aromatic rings. The number of hydrogen-bond donors (Lipinski definition) is 2. The first-order valence-electron chi connectivity index (χ1n) is 3.17. The van der Waals surface area contributed by atoms with E-state index in [0.29, 0.717) is 0 Å². The number of rotatable bonds is 0. The van der Waals surface area contributed by atoms with Crippen molar-refractivity contribution in [1.82, 2.24) is 0 Å². The predicted octanol–water partition coefficient (Wildman–Crippen LogP) is -1.33. The summed E-state index contributed by atoms with van der Waals surface area (Å²) in [6, 6.07) is 8.34. The number of hydrogen-bond acceptors (Lipinski definition) is 0. The van der Waals surface area contributed by atoms with Gasteiger partial charge in [0.25, 0.3) is 0 Å². The van der Waals surface area contributed by atoms with Gasteiger partial charge in [0.1, 0.15) is 0 Å². The van der Waals surface area contributed by atoms with Crippen LogP contribution in [0.1, 0.15) is 0 Å². The molecule has 0 atom stereocenters. The van der Waals surface area contributed by atoms with Crippen molar-refractivity contribution in [3.05, 3.63) is 24.3 Å². The first-order chi connectivity index (χ1) is 4.86. The lowest BCUT2D eigenvalue weighted by atomic mass is 10.3. The minimum Gasteiger partial charge on any atom is -0.225 e. The molecule has 0 saturated heterocycles. The molecule has 0 bridgehead atoms. The molecule has 1 aliphatic rings. The molecule has 2 rings (SSSR count). The molecule has 50 valence electrons. The van der Waals surface area contributed by atoms with Gasteiger partial charge in [-0.3, -0.25) is 0 Å². The highest BCUT2D eigenvalue weighted by atomic mass is 32.1. The van der Waals surface area contributed by atoms with Gasteiger partial charge in [0.05, 0.1) is 0 Å². The minimum absolute atomic E-state index is 1.14. The van der Waals surface area contributed by atoms with E-state index in [1.807, 2.05) is 0 Å². The van der Waals surface area contributed by atoms with Crippen LogP contribution in [0.15, 0.2) is 29.2 Å². The van der Waals surface area contributed by atoms with Crippen molar-refractivity contribution >= 4 is 22.2 Å². The van der Waals surface area contributed by atoms with Crippen molar-refractivity contribution in [2.45, 2.75) is 4.90 Å². The summed E-state index contributed by atoms with van der Waals surface area (Å²) in [5, 5.41) is 3.25. The van der Waals surface area contributed by atoms with Crippen LogP contribution < -0.4 is 11.1 Å². The SMILES string of the molecule is [NH3+]C1=[S+]c2ccccc2[NH2+]1. The summed E-state index contributed by atoms with van der Waals surface area (Å²) in [5.74, 6) is 0. The van der Waals surface area contributed by atoms with E-state index in [4.69, 9.17) is 0 Å². The van der Waals surface area contributed by atoms with Gasteiger partial charge < -0.3 is 0 Å². The van der Waals surface area contributed by atoms with Gasteiger partial charge in [-0.15, -0.1) is 0 Å². The van der Waals surface area contributed by atoms with Gasteiger partial charge in [0.2, 0.25) is 5.69 Å². The van der Waals surface area contributed by atoms with E-state index in [0.717, 1.165) is 5.11 Å². The van der Waals surface area contributed by atoms with Crippen molar-refractivity contribution < 1.29 is 11.1 Å². The molecule has 0 fully saturated rings. The average molecular weight is 153 g/mol. The zero-order valence-corrected chi connectivity index (χ0v) is 6.32. The number of fused-ring (bicyclic) bond motifs is 1. The Balaban J connectivity index is 2.54. The van der Waals surface area contributed by atoms with Crippen LogP contribution in [-0.2, 0) is 11.4 Å². The fourth-order valence-electron chi connectivity index (χ4n) is 1.04. The van der Waals surface area contributed by atoms with Crippen molar-refractivity contribution in [3.63, 3.8) is 0 Å². The van der Waals surface area contributed by atoms with E-state index in [1.165, 1.54) is 10.6 Å². The van der Waals surface area contributed by atoms with Crippen molar-refractivity contribution in [1.29, 1.82) is 0 Å². The summed E-state index contributed by atoms with van der Waals surface area (Å²) in [4.78, 5) is 1.33. The summed E-state index contributed by atoms with van der Waals surface area (Å²) in [5.41, 5.74) is 5.18. The van der Waals surface area contributed by atoms with Gasteiger partial charge in [-0.1, -0.05) is 12.1 Å². The zero-order valence-electron chi connectivity index (χ0n) is 5.50. The monoisotopic (exact) mass is 153 g/mol. The first-order valence-corrected chi connectivity index (χ1v) is 3.98. The Morgan fingerprint density at radius 1 is 1.30 bits per heavy atom. The molecular formula is C7H9N2S+3. The molecular weight excluding hydrogens is 144 g/mol. The minimum atomic E-state index is 1.14. The molecule has 1 heterocycles. The topological polar surface area (TPSA) is 44.2 Å². The lowest BCUT2D eigenvalue weighted by molar-refractivity contribution is -0.518. The number of benzene rings is 1. The highest BCUT2D eigenvalue weighted by Gasteiger charge is 2.31. The van der Waals surface area contributed by atoms with Gasteiger partial charge in [-0.25, -0.2) is 5.73 Å². The summed E-state index contributed by atoms with van der Waals surface area (Å²) < 4.78 is 0. The summed E-state index contributed by atoms with van der Waals surface area (Å²) in [7, 11) is 0. The van der Waals surface area contributed by atoms with Crippen LogP contribution in [0, 0.1) is 0 Å². The normalized spacial score (nSPS) is 14.7. The van der Waals surface area contributed by atoms with Crippen LogP contribution in [0.4, 0.5) is 5.69 Å². The second-order valence-electron chi connectivity index (χ2n) is 2.25. The molecule has 0 aromatic heterocycles. The summed E-state index contributed by atoms with van der Waals surface area (Å²) in [6.45, 7) is 0. The van der Waals surface area contributed by atoms with Crippen LogP contribution in [0.25, 0.3) is 0 Å². The highest BCUT2D eigenvalue weighted by molar-refractivity contribution is 7.78. The van der Waals surface area contributed by atoms with Crippen LogP contribution in [0.3, 0.4) is 0 Å². The zero-order chi connectivity index (χ0) is 6.97. The van der Waals surface area contributed by atoms with Crippen molar-refractivity contribution in [3.8, 4) is 0 Å². The molecule has 10 heavy (non-hydrogen) atoms. The van der Waals surface area contributed by atoms with E-state index < -0.39 is 0 Å². The third-order valence-corrected chi connectivity index (χ3v) is 2.45. The standard InChI is InChI=1S/C7H7N2S/c8-7-9-5-3-1-2-4-6(5)10-7/h1-4,9H,8H2/q+1/p+2. The Bertz CT molecular complexity index is 293. The maximum Gasteiger partial charge on any atom is 0.548 e. The Morgan fingerprint density at radius 2 is 2.10 bits per heavy atom. The van der Waals surface area contributed by atoms with Gasteiger partial charge in [-0.2, -0.15) is 5.32 Å². The van der Waals surface area contributed by atoms with E-state index in [-0.39, 0.29) is 0 Å². The van der Waals surface area contributed by atoms with Crippen molar-refractivity contribution in [2.24, 2.45) is 0 Å². The van der Waals surface area contributed by atoms with E-state index in [1.54, 1.807) is 11.4 Å². The van der Waals surface area contributed by atoms with Crippen molar-refractivity contribution in [2.75, 3.05) is 0 Å². The number of para-hydroxylation sites is 1. The van der Waals surface area contributed by atoms with Gasteiger partial charge >= 0.3 is 21.4 Å². The number of quaternary nitrogens is 2. The third kappa shape index (κ3) is 0.844. The van der Waals surface area contributed by atoms with Crippen LogP contribution in [0.5, 0.6) is 0 Å². The first kappa shape index (κ1) is 5.97. The largest absolute Gasteiger partial charge is 0.548 e. The maximum absolute atomic E-state index is 3.88. The lowest BCUT2D eigenvalue weighted by Crippen LogP contribution is -2.94. The summed E-state index contributed by atoms with van der Waals surface area (Å²) >= 11 is 1.74. The molecule has 0 aliphatic carbocycles. The fraction of sp³-hybridized carbons (Fsp3) is 0. The second kappa shape index (κ2) is 2.12. The maximum atomic E-state index is 3.88. The van der Waals surface area contributed by atoms with Crippen LogP contribution in [0.2, 0.25) is 0 Å². The van der Waals surface area contributed by atoms with E-state index in [2.05, 4.69) is 35.3 Å². The van der Waals surface area contributed by atoms with Crippen LogP contribution >= 0.6 is 0 Å². The molecule has 1 aromatic carbocycles. The van der Waals surface area contributed by atoms with Gasteiger partial charge in [0.15, 0.2) is 0 Å². The van der Waals surface area contributed by atoms with E-state index in [9.17, 15) is 0 Å². The molecule has 0 spiro atoms. The second-order valence-corrected chi connectivity index (χ2v) is 3.42. The predicted molar refractivity (Wildman–Crippen MR) is 41.6 cm³/mol. The van der Waals surface area contributed by atoms with Gasteiger partial charge in [0, 0.05) is 12.1 Å². The lowest BCUT2D eigenvalue weighted by Gasteiger charge is -1.80. The molecule has 1 aliphatic heterocycles. The fourth-order valence-corrected chi connectivity index (χ4v) is 1.90. The molecule has 3 heteroatoms. The van der Waals surface area contributed by atoms with Gasteiger partial charge in [-0.05, 0) is 0 Å². The third-order valence-electron chi connectivity index (χ3n) is 1.48. The highest BCUT2D eigenvalue weighted by Crippen LogP contribution is 2.11. The molecule has 0 radical (unpaired) electrons. The Hall–Kier alpha value is -0.770. The molecule has 5 N–H and O–H groups in total. The average Bonchev–Trinajstić information content (AvgIpc) is 2.27. The molecule has 2 nitrogen and oxygen atoms in total. The summed E-state index contributed by atoms with van der Waals surface area (Å²) in [6.07, 6.45) is 0. The molecule has 0 amide bonds.